The fourth-order valence-corrected chi connectivity index (χ4v) is 4.39. The second-order valence-corrected chi connectivity index (χ2v) is 5.59. The molecule has 0 atom stereocenters. The van der Waals surface area contributed by atoms with Gasteiger partial charge in [0.2, 0.25) is 0 Å². The summed E-state index contributed by atoms with van der Waals surface area (Å²) in [5, 5.41) is 21.4. The van der Waals surface area contributed by atoms with Crippen molar-refractivity contribution in [3.05, 3.63) is 0 Å². The molecule has 76 valence electrons. The Balaban J connectivity index is 0.000000853. The normalized spacial score (nSPS) is 50.9. The molecule has 4 bridgehead atoms. The van der Waals surface area contributed by atoms with Gasteiger partial charge in [-0.25, -0.2) is 0 Å². The summed E-state index contributed by atoms with van der Waals surface area (Å²) in [5.74, 6) is 2.33. The van der Waals surface area contributed by atoms with Crippen molar-refractivity contribution in [2.45, 2.75) is 44.1 Å². The largest absolute Gasteiger partial charge is 1.00 e. The SMILES string of the molecule is N#CCC1([O-])C2CC3CC(C2)CC1C3.[K+]. The van der Waals surface area contributed by atoms with Crippen LogP contribution in [0.1, 0.15) is 38.5 Å². The van der Waals surface area contributed by atoms with Crippen LogP contribution in [0.15, 0.2) is 0 Å². The van der Waals surface area contributed by atoms with E-state index in [-0.39, 0.29) is 57.8 Å². The number of rotatable bonds is 1. The maximum Gasteiger partial charge on any atom is 1.00 e. The van der Waals surface area contributed by atoms with Crippen LogP contribution in [0.3, 0.4) is 0 Å². The summed E-state index contributed by atoms with van der Waals surface area (Å²) in [6.07, 6.45) is 6.12. The zero-order valence-corrected chi connectivity index (χ0v) is 12.5. The van der Waals surface area contributed by atoms with E-state index in [0.717, 1.165) is 37.5 Å². The van der Waals surface area contributed by atoms with Crippen molar-refractivity contribution < 1.29 is 56.5 Å². The average Bonchev–Trinajstić information content (AvgIpc) is 2.14. The van der Waals surface area contributed by atoms with Crippen LogP contribution in [0.2, 0.25) is 0 Å². The van der Waals surface area contributed by atoms with Gasteiger partial charge in [-0.05, 0) is 55.8 Å². The molecule has 4 saturated carbocycles. The van der Waals surface area contributed by atoms with E-state index >= 15 is 0 Å². The van der Waals surface area contributed by atoms with Gasteiger partial charge in [0, 0.05) is 6.42 Å². The second kappa shape index (κ2) is 4.40. The van der Waals surface area contributed by atoms with Crippen LogP contribution in [0, 0.1) is 35.0 Å². The Hall–Kier alpha value is 1.09. The molecule has 4 fully saturated rings. The zero-order valence-electron chi connectivity index (χ0n) is 9.41. The van der Waals surface area contributed by atoms with E-state index in [1.54, 1.807) is 0 Å². The molecule has 15 heavy (non-hydrogen) atoms. The first-order valence-electron chi connectivity index (χ1n) is 5.79. The molecule has 0 unspecified atom stereocenters. The quantitative estimate of drug-likeness (QED) is 0.512. The van der Waals surface area contributed by atoms with E-state index in [0.29, 0.717) is 11.8 Å². The van der Waals surface area contributed by atoms with Gasteiger partial charge in [0.25, 0.3) is 0 Å². The van der Waals surface area contributed by atoms with Crippen LogP contribution < -0.4 is 56.5 Å². The molecule has 4 aliphatic carbocycles. The predicted octanol–water partition coefficient (Wildman–Crippen LogP) is -1.54. The van der Waals surface area contributed by atoms with Crippen molar-refractivity contribution in [2.24, 2.45) is 23.7 Å². The van der Waals surface area contributed by atoms with Gasteiger partial charge in [0.05, 0.1) is 6.07 Å². The summed E-state index contributed by atoms with van der Waals surface area (Å²) in [7, 11) is 0. The minimum atomic E-state index is -0.859. The molecule has 0 amide bonds. The van der Waals surface area contributed by atoms with E-state index in [4.69, 9.17) is 5.26 Å². The van der Waals surface area contributed by atoms with E-state index in [2.05, 4.69) is 6.07 Å². The molecule has 0 heterocycles. The first kappa shape index (κ1) is 12.5. The van der Waals surface area contributed by atoms with Crippen LogP contribution >= 0.6 is 0 Å². The predicted molar refractivity (Wildman–Crippen MR) is 50.0 cm³/mol. The van der Waals surface area contributed by atoms with Crippen molar-refractivity contribution in [3.8, 4) is 6.07 Å². The average molecular weight is 229 g/mol. The van der Waals surface area contributed by atoms with Crippen molar-refractivity contribution in [3.63, 3.8) is 0 Å². The molecule has 0 saturated heterocycles. The van der Waals surface area contributed by atoms with Crippen molar-refractivity contribution in [1.29, 1.82) is 5.26 Å². The standard InChI is InChI=1S/C12H16NO.K/c13-2-1-12(14)10-4-8-3-9(6-10)7-11(12)5-8;/h8-11H,1,3-7H2;/q-1;+1. The molecule has 0 aromatic carbocycles. The topological polar surface area (TPSA) is 46.8 Å². The third-order valence-electron chi connectivity index (χ3n) is 4.88. The van der Waals surface area contributed by atoms with Gasteiger partial charge in [0.15, 0.2) is 0 Å². The zero-order chi connectivity index (χ0) is 9.76. The Kier molecular flexibility index (Phi) is 3.68. The van der Waals surface area contributed by atoms with E-state index in [1.165, 1.54) is 6.42 Å². The first-order chi connectivity index (χ1) is 6.72. The van der Waals surface area contributed by atoms with Gasteiger partial charge in [-0.2, -0.15) is 5.26 Å². The van der Waals surface area contributed by atoms with Gasteiger partial charge in [-0.1, -0.05) is 5.60 Å². The van der Waals surface area contributed by atoms with Gasteiger partial charge in [-0.15, -0.1) is 0 Å². The third kappa shape index (κ3) is 1.88. The molecule has 0 aromatic rings. The minimum Gasteiger partial charge on any atom is -0.848 e. The molecule has 0 aromatic heterocycles. The van der Waals surface area contributed by atoms with Crippen molar-refractivity contribution >= 4 is 0 Å². The van der Waals surface area contributed by atoms with E-state index in [9.17, 15) is 5.11 Å². The number of nitriles is 1. The molecule has 4 rings (SSSR count). The molecule has 0 radical (unpaired) electrons. The Morgan fingerprint density at radius 2 is 1.53 bits per heavy atom. The number of hydrogen-bond acceptors (Lipinski definition) is 2. The number of nitrogens with zero attached hydrogens (tertiary/aromatic N) is 1. The van der Waals surface area contributed by atoms with Gasteiger partial charge in [0.1, 0.15) is 0 Å². The summed E-state index contributed by atoms with van der Waals surface area (Å²) in [6, 6.07) is 2.12. The van der Waals surface area contributed by atoms with Crippen LogP contribution in [0.5, 0.6) is 0 Å². The monoisotopic (exact) mass is 229 g/mol. The summed E-state index contributed by atoms with van der Waals surface area (Å²) in [5.41, 5.74) is -0.859. The van der Waals surface area contributed by atoms with Crippen molar-refractivity contribution in [2.75, 3.05) is 0 Å². The first-order valence-corrected chi connectivity index (χ1v) is 5.79. The minimum absolute atomic E-state index is 0. The summed E-state index contributed by atoms with van der Waals surface area (Å²) >= 11 is 0. The van der Waals surface area contributed by atoms with Crippen molar-refractivity contribution in [1.82, 2.24) is 0 Å². The van der Waals surface area contributed by atoms with Gasteiger partial charge < -0.3 is 5.11 Å². The number of hydrogen-bond donors (Lipinski definition) is 0. The van der Waals surface area contributed by atoms with Crippen LogP contribution in [0.4, 0.5) is 0 Å². The van der Waals surface area contributed by atoms with E-state index in [1.807, 2.05) is 0 Å². The summed E-state index contributed by atoms with van der Waals surface area (Å²) in [6.45, 7) is 0. The Bertz CT molecular complexity index is 268. The molecular weight excluding hydrogens is 213 g/mol. The van der Waals surface area contributed by atoms with Crippen LogP contribution in [-0.2, 0) is 0 Å². The second-order valence-electron chi connectivity index (χ2n) is 5.59. The van der Waals surface area contributed by atoms with E-state index < -0.39 is 5.60 Å². The molecule has 4 aliphatic rings. The molecular formula is C12H16KNO. The van der Waals surface area contributed by atoms with Crippen LogP contribution in [-0.4, -0.2) is 5.60 Å². The van der Waals surface area contributed by atoms with Gasteiger partial charge >= 0.3 is 51.4 Å². The maximum absolute atomic E-state index is 12.6. The van der Waals surface area contributed by atoms with Gasteiger partial charge in [-0.3, -0.25) is 0 Å². The maximum atomic E-state index is 12.6. The Labute approximate surface area is 134 Å². The smallest absolute Gasteiger partial charge is 0.848 e. The molecule has 0 aliphatic heterocycles. The molecule has 3 heteroatoms. The van der Waals surface area contributed by atoms with Crippen LogP contribution in [0.25, 0.3) is 0 Å². The third-order valence-corrected chi connectivity index (χ3v) is 4.88. The Morgan fingerprint density at radius 1 is 1.07 bits per heavy atom. The Morgan fingerprint density at radius 3 is 1.93 bits per heavy atom. The molecule has 0 N–H and O–H groups in total. The molecule has 0 spiro atoms. The molecule has 2 nitrogen and oxygen atoms in total. The fraction of sp³-hybridized carbons (Fsp3) is 0.917. The summed E-state index contributed by atoms with van der Waals surface area (Å²) < 4.78 is 0. The fourth-order valence-electron chi connectivity index (χ4n) is 4.39. The summed E-state index contributed by atoms with van der Waals surface area (Å²) in [4.78, 5) is 0.